The van der Waals surface area contributed by atoms with Gasteiger partial charge in [-0.05, 0) is 43.7 Å². The number of carbonyl (C=O) groups is 1. The Labute approximate surface area is 146 Å². The van der Waals surface area contributed by atoms with Gasteiger partial charge in [-0.1, -0.05) is 5.16 Å². The van der Waals surface area contributed by atoms with Crippen molar-refractivity contribution in [1.29, 1.82) is 0 Å². The Bertz CT molecular complexity index is 654. The van der Waals surface area contributed by atoms with Gasteiger partial charge in [0.1, 0.15) is 5.75 Å². The summed E-state index contributed by atoms with van der Waals surface area (Å²) in [5.41, 5.74) is 0.767. The minimum Gasteiger partial charge on any atom is -0.485 e. The van der Waals surface area contributed by atoms with Crippen molar-refractivity contribution < 1.29 is 14.1 Å². The first kappa shape index (κ1) is 18.2. The predicted molar refractivity (Wildman–Crippen MR) is 91.3 cm³/mol. The van der Waals surface area contributed by atoms with Crippen molar-refractivity contribution >= 4 is 24.0 Å². The lowest BCUT2D eigenvalue weighted by Crippen LogP contribution is -2.37. The minimum atomic E-state index is 0. The highest BCUT2D eigenvalue weighted by Crippen LogP contribution is 2.18. The highest BCUT2D eigenvalue weighted by molar-refractivity contribution is 5.92. The number of piperidine rings is 1. The van der Waals surface area contributed by atoms with Crippen molar-refractivity contribution in [2.24, 2.45) is 5.92 Å². The number of hydrogen-bond donors (Lipinski definition) is 2. The van der Waals surface area contributed by atoms with Crippen LogP contribution < -0.4 is 15.4 Å². The third kappa shape index (κ3) is 4.94. The lowest BCUT2D eigenvalue weighted by atomic mass is 9.99. The molecular weight excluding hydrogens is 332 g/mol. The molecule has 8 heteroatoms. The molecule has 1 aliphatic heterocycles. The summed E-state index contributed by atoms with van der Waals surface area (Å²) in [6.07, 6.45) is 1.98. The van der Waals surface area contributed by atoms with Crippen LogP contribution in [0.3, 0.4) is 0 Å². The molecule has 1 aliphatic rings. The number of anilines is 1. The summed E-state index contributed by atoms with van der Waals surface area (Å²) in [6, 6.07) is 7.26. The Balaban J connectivity index is 0.00000208. The third-order valence-electron chi connectivity index (χ3n) is 3.73. The third-order valence-corrected chi connectivity index (χ3v) is 3.73. The number of rotatable bonds is 5. The van der Waals surface area contributed by atoms with Gasteiger partial charge < -0.3 is 19.9 Å². The van der Waals surface area contributed by atoms with Gasteiger partial charge in [-0.25, -0.2) is 0 Å². The Morgan fingerprint density at radius 2 is 2.21 bits per heavy atom. The molecule has 2 aromatic rings. The van der Waals surface area contributed by atoms with Gasteiger partial charge in [-0.3, -0.25) is 4.79 Å². The molecule has 0 radical (unpaired) electrons. The number of ether oxygens (including phenoxy) is 1. The van der Waals surface area contributed by atoms with Crippen LogP contribution in [0.15, 0.2) is 28.8 Å². The van der Waals surface area contributed by atoms with Crippen LogP contribution in [0.1, 0.15) is 24.6 Å². The van der Waals surface area contributed by atoms with Crippen LogP contribution in [0.2, 0.25) is 0 Å². The molecule has 0 saturated carbocycles. The molecule has 0 aliphatic carbocycles. The monoisotopic (exact) mass is 352 g/mol. The highest BCUT2D eigenvalue weighted by atomic mass is 35.5. The molecule has 1 unspecified atom stereocenters. The van der Waals surface area contributed by atoms with E-state index in [4.69, 9.17) is 9.26 Å². The van der Waals surface area contributed by atoms with E-state index in [0.717, 1.165) is 31.6 Å². The summed E-state index contributed by atoms with van der Waals surface area (Å²) in [6.45, 7) is 3.72. The van der Waals surface area contributed by atoms with Crippen molar-refractivity contribution in [1.82, 2.24) is 15.5 Å². The number of carbonyl (C=O) groups excluding carboxylic acids is 1. The van der Waals surface area contributed by atoms with Crippen molar-refractivity contribution in [2.45, 2.75) is 26.4 Å². The van der Waals surface area contributed by atoms with Gasteiger partial charge in [0.2, 0.25) is 17.6 Å². The number of aryl methyl sites for hydroxylation is 1. The number of nitrogens with zero attached hydrogens (tertiary/aromatic N) is 2. The first-order valence-corrected chi connectivity index (χ1v) is 7.74. The second-order valence-electron chi connectivity index (χ2n) is 5.58. The van der Waals surface area contributed by atoms with Crippen LogP contribution in [0, 0.1) is 12.8 Å². The molecule has 24 heavy (non-hydrogen) atoms. The minimum absolute atomic E-state index is 0. The van der Waals surface area contributed by atoms with E-state index in [2.05, 4.69) is 20.8 Å². The Morgan fingerprint density at radius 1 is 1.42 bits per heavy atom. The van der Waals surface area contributed by atoms with Gasteiger partial charge >= 0.3 is 0 Å². The second kappa shape index (κ2) is 8.65. The van der Waals surface area contributed by atoms with E-state index in [1.807, 2.05) is 24.3 Å². The predicted octanol–water partition coefficient (Wildman–Crippen LogP) is 2.32. The highest BCUT2D eigenvalue weighted by Gasteiger charge is 2.20. The van der Waals surface area contributed by atoms with E-state index in [1.54, 1.807) is 6.92 Å². The van der Waals surface area contributed by atoms with Crippen LogP contribution in [-0.4, -0.2) is 29.1 Å². The zero-order valence-electron chi connectivity index (χ0n) is 13.4. The number of benzene rings is 1. The molecule has 0 bridgehead atoms. The molecule has 1 amide bonds. The molecule has 1 aromatic carbocycles. The molecule has 1 aromatic heterocycles. The summed E-state index contributed by atoms with van der Waals surface area (Å²) in [7, 11) is 0. The van der Waals surface area contributed by atoms with Crippen LogP contribution in [0.5, 0.6) is 5.75 Å². The molecule has 7 nitrogen and oxygen atoms in total. The largest absolute Gasteiger partial charge is 0.485 e. The van der Waals surface area contributed by atoms with E-state index < -0.39 is 0 Å². The van der Waals surface area contributed by atoms with Gasteiger partial charge in [0.25, 0.3) is 0 Å². The van der Waals surface area contributed by atoms with E-state index >= 15 is 0 Å². The van der Waals surface area contributed by atoms with E-state index in [0.29, 0.717) is 17.5 Å². The Morgan fingerprint density at radius 3 is 2.83 bits per heavy atom. The molecule has 1 saturated heterocycles. The molecule has 130 valence electrons. The normalized spacial score (nSPS) is 17.0. The fourth-order valence-electron chi connectivity index (χ4n) is 2.50. The van der Waals surface area contributed by atoms with E-state index in [1.165, 1.54) is 0 Å². The van der Waals surface area contributed by atoms with Crippen LogP contribution in [-0.2, 0) is 11.4 Å². The second-order valence-corrected chi connectivity index (χ2v) is 5.58. The average Bonchev–Trinajstić information content (AvgIpc) is 3.00. The van der Waals surface area contributed by atoms with Crippen molar-refractivity contribution in [3.05, 3.63) is 36.0 Å². The SMILES string of the molecule is Cc1nc(COc2ccc(NC(=O)C3CCCNC3)cc2)no1.Cl. The zero-order chi connectivity index (χ0) is 16.1. The van der Waals surface area contributed by atoms with Gasteiger partial charge in [0.15, 0.2) is 6.61 Å². The quantitative estimate of drug-likeness (QED) is 0.858. The smallest absolute Gasteiger partial charge is 0.228 e. The topological polar surface area (TPSA) is 89.3 Å². The van der Waals surface area contributed by atoms with Crippen molar-refractivity contribution in [3.8, 4) is 5.75 Å². The van der Waals surface area contributed by atoms with E-state index in [9.17, 15) is 4.79 Å². The summed E-state index contributed by atoms with van der Waals surface area (Å²) in [5.74, 6) is 1.81. The molecule has 1 fully saturated rings. The first-order valence-electron chi connectivity index (χ1n) is 7.74. The fourth-order valence-corrected chi connectivity index (χ4v) is 2.50. The molecule has 1 atom stereocenters. The van der Waals surface area contributed by atoms with Gasteiger partial charge in [-0.15, -0.1) is 12.4 Å². The van der Waals surface area contributed by atoms with Gasteiger partial charge in [0.05, 0.1) is 5.92 Å². The zero-order valence-corrected chi connectivity index (χ0v) is 14.3. The summed E-state index contributed by atoms with van der Waals surface area (Å²) >= 11 is 0. The summed E-state index contributed by atoms with van der Waals surface area (Å²) in [5, 5.41) is 9.95. The van der Waals surface area contributed by atoms with Gasteiger partial charge in [-0.2, -0.15) is 4.98 Å². The number of amides is 1. The molecule has 3 rings (SSSR count). The summed E-state index contributed by atoms with van der Waals surface area (Å²) in [4.78, 5) is 16.2. The average molecular weight is 353 g/mol. The fraction of sp³-hybridized carbons (Fsp3) is 0.438. The maximum atomic E-state index is 12.2. The van der Waals surface area contributed by atoms with Crippen molar-refractivity contribution in [2.75, 3.05) is 18.4 Å². The maximum absolute atomic E-state index is 12.2. The Kier molecular flexibility index (Phi) is 6.57. The van der Waals surface area contributed by atoms with Crippen LogP contribution in [0.4, 0.5) is 5.69 Å². The lowest BCUT2D eigenvalue weighted by Gasteiger charge is -2.21. The van der Waals surface area contributed by atoms with E-state index in [-0.39, 0.29) is 30.8 Å². The summed E-state index contributed by atoms with van der Waals surface area (Å²) < 4.78 is 10.5. The number of halogens is 1. The first-order chi connectivity index (χ1) is 11.2. The van der Waals surface area contributed by atoms with Crippen LogP contribution in [0.25, 0.3) is 0 Å². The van der Waals surface area contributed by atoms with Gasteiger partial charge in [0, 0.05) is 19.2 Å². The number of hydrogen-bond acceptors (Lipinski definition) is 6. The molecule has 2 N–H and O–H groups in total. The number of aromatic nitrogens is 2. The standard InChI is InChI=1S/C16H20N4O3.ClH/c1-11-18-15(20-23-11)10-22-14-6-4-13(5-7-14)19-16(21)12-3-2-8-17-9-12;/h4-7,12,17H,2-3,8-10H2,1H3,(H,19,21);1H. The van der Waals surface area contributed by atoms with Crippen LogP contribution >= 0.6 is 12.4 Å². The number of nitrogens with one attached hydrogen (secondary N) is 2. The Hall–Kier alpha value is -2.12. The molecular formula is C16H21ClN4O3. The maximum Gasteiger partial charge on any atom is 0.228 e. The molecule has 0 spiro atoms. The lowest BCUT2D eigenvalue weighted by molar-refractivity contribution is -0.120. The molecule has 2 heterocycles. The van der Waals surface area contributed by atoms with Crippen molar-refractivity contribution in [3.63, 3.8) is 0 Å².